The molecule has 1 aliphatic heterocycles. The average Bonchev–Trinajstić information content (AvgIpc) is 3.29. The third kappa shape index (κ3) is 2.22. The molecule has 0 unspecified atom stereocenters. The van der Waals surface area contributed by atoms with Crippen LogP contribution in [-0.4, -0.2) is 31.0 Å². The number of hydrogen-bond donors (Lipinski definition) is 0. The molecule has 1 amide bonds. The van der Waals surface area contributed by atoms with Gasteiger partial charge in [-0.05, 0) is 49.8 Å². The first-order valence-electron chi connectivity index (χ1n) is 7.20. The molecule has 0 aromatic heterocycles. The van der Waals surface area contributed by atoms with E-state index < -0.39 is 0 Å². The van der Waals surface area contributed by atoms with Crippen LogP contribution in [0.3, 0.4) is 0 Å². The van der Waals surface area contributed by atoms with Crippen LogP contribution in [0, 0.1) is 0 Å². The van der Waals surface area contributed by atoms with E-state index in [9.17, 15) is 4.79 Å². The van der Waals surface area contributed by atoms with Gasteiger partial charge >= 0.3 is 0 Å². The van der Waals surface area contributed by atoms with Crippen LogP contribution in [-0.2, 0) is 10.2 Å². The lowest BCUT2D eigenvalue weighted by Gasteiger charge is -2.30. The molecule has 3 rings (SSSR count). The first kappa shape index (κ1) is 12.5. The lowest BCUT2D eigenvalue weighted by atomic mass is 9.93. The van der Waals surface area contributed by atoms with Crippen LogP contribution in [0.1, 0.15) is 37.7 Å². The van der Waals surface area contributed by atoms with Gasteiger partial charge in [0, 0.05) is 13.1 Å². The summed E-state index contributed by atoms with van der Waals surface area (Å²) < 4.78 is 5.28. The van der Waals surface area contributed by atoms with E-state index in [1.165, 1.54) is 6.42 Å². The molecule has 3 heteroatoms. The highest BCUT2D eigenvalue weighted by Crippen LogP contribution is 2.50. The zero-order chi connectivity index (χ0) is 13.3. The molecular formula is C16H21NO2. The topological polar surface area (TPSA) is 29.5 Å². The first-order valence-corrected chi connectivity index (χ1v) is 7.20. The third-order valence-corrected chi connectivity index (χ3v) is 4.42. The predicted octanol–water partition coefficient (Wildman–Crippen LogP) is 2.74. The van der Waals surface area contributed by atoms with Gasteiger partial charge in [-0.15, -0.1) is 0 Å². The minimum absolute atomic E-state index is 0.244. The molecule has 102 valence electrons. The van der Waals surface area contributed by atoms with Gasteiger partial charge in [0.15, 0.2) is 0 Å². The number of nitrogens with zero attached hydrogens (tertiary/aromatic N) is 1. The molecule has 2 fully saturated rings. The molecule has 0 spiro atoms. The van der Waals surface area contributed by atoms with Crippen molar-refractivity contribution in [1.82, 2.24) is 4.90 Å². The van der Waals surface area contributed by atoms with Crippen LogP contribution in [0.2, 0.25) is 0 Å². The number of benzene rings is 1. The summed E-state index contributed by atoms with van der Waals surface area (Å²) in [5, 5.41) is 0. The van der Waals surface area contributed by atoms with Gasteiger partial charge in [-0.25, -0.2) is 0 Å². The molecule has 1 aliphatic carbocycles. The van der Waals surface area contributed by atoms with Crippen molar-refractivity contribution in [2.75, 3.05) is 20.2 Å². The Balaban J connectivity index is 1.83. The van der Waals surface area contributed by atoms with Gasteiger partial charge in [-0.2, -0.15) is 0 Å². The summed E-state index contributed by atoms with van der Waals surface area (Å²) in [6, 6.07) is 8.01. The maximum atomic E-state index is 12.8. The number of rotatable bonds is 3. The molecule has 3 nitrogen and oxygen atoms in total. The molecule has 0 atom stereocenters. The second-order valence-electron chi connectivity index (χ2n) is 5.67. The smallest absolute Gasteiger partial charge is 0.233 e. The van der Waals surface area contributed by atoms with Gasteiger partial charge in [0.25, 0.3) is 0 Å². The zero-order valence-corrected chi connectivity index (χ0v) is 11.5. The largest absolute Gasteiger partial charge is 0.497 e. The van der Waals surface area contributed by atoms with Crippen molar-refractivity contribution in [3.05, 3.63) is 29.8 Å². The molecular weight excluding hydrogens is 238 g/mol. The quantitative estimate of drug-likeness (QED) is 0.835. The van der Waals surface area contributed by atoms with Crippen molar-refractivity contribution in [3.8, 4) is 5.75 Å². The van der Waals surface area contributed by atoms with Crippen molar-refractivity contribution in [2.24, 2.45) is 0 Å². The van der Waals surface area contributed by atoms with Crippen LogP contribution >= 0.6 is 0 Å². The highest BCUT2D eigenvalue weighted by Gasteiger charge is 2.53. The van der Waals surface area contributed by atoms with Crippen LogP contribution in [0.25, 0.3) is 0 Å². The molecule has 19 heavy (non-hydrogen) atoms. The summed E-state index contributed by atoms with van der Waals surface area (Å²) in [4.78, 5) is 14.8. The van der Waals surface area contributed by atoms with E-state index in [-0.39, 0.29) is 5.41 Å². The maximum absolute atomic E-state index is 12.8. The molecule has 1 saturated heterocycles. The number of likely N-dealkylation sites (tertiary alicyclic amines) is 1. The van der Waals surface area contributed by atoms with Gasteiger partial charge < -0.3 is 9.64 Å². The Labute approximate surface area is 114 Å². The number of carbonyl (C=O) groups is 1. The highest BCUT2D eigenvalue weighted by molar-refractivity contribution is 5.91. The third-order valence-electron chi connectivity index (χ3n) is 4.42. The van der Waals surface area contributed by atoms with Crippen molar-refractivity contribution in [1.29, 1.82) is 0 Å². The number of hydrogen-bond acceptors (Lipinski definition) is 2. The van der Waals surface area contributed by atoms with Crippen LogP contribution in [0.5, 0.6) is 5.75 Å². The monoisotopic (exact) mass is 259 g/mol. The minimum atomic E-state index is -0.244. The van der Waals surface area contributed by atoms with E-state index in [1.807, 2.05) is 18.2 Å². The van der Waals surface area contributed by atoms with Crippen molar-refractivity contribution >= 4 is 5.91 Å². The number of piperidine rings is 1. The van der Waals surface area contributed by atoms with E-state index in [0.717, 1.165) is 50.1 Å². The predicted molar refractivity (Wildman–Crippen MR) is 74.3 cm³/mol. The molecule has 1 heterocycles. The van der Waals surface area contributed by atoms with E-state index in [1.54, 1.807) is 7.11 Å². The summed E-state index contributed by atoms with van der Waals surface area (Å²) in [5.74, 6) is 1.18. The average molecular weight is 259 g/mol. The fourth-order valence-electron chi connectivity index (χ4n) is 3.07. The molecule has 1 aromatic carbocycles. The summed E-state index contributed by atoms with van der Waals surface area (Å²) >= 11 is 0. The molecule has 1 aromatic rings. The fourth-order valence-corrected chi connectivity index (χ4v) is 3.07. The Bertz CT molecular complexity index is 473. The summed E-state index contributed by atoms with van der Waals surface area (Å²) in [6.45, 7) is 1.87. The molecule has 0 bridgehead atoms. The van der Waals surface area contributed by atoms with E-state index in [2.05, 4.69) is 11.0 Å². The van der Waals surface area contributed by atoms with Crippen molar-refractivity contribution < 1.29 is 9.53 Å². The number of carbonyl (C=O) groups excluding carboxylic acids is 1. The SMILES string of the molecule is COc1cccc(C2(C(=O)N3CCCCC3)CC2)c1. The minimum Gasteiger partial charge on any atom is -0.497 e. The number of methoxy groups -OCH3 is 1. The Morgan fingerprint density at radius 3 is 2.58 bits per heavy atom. The highest BCUT2D eigenvalue weighted by atomic mass is 16.5. The molecule has 2 aliphatic rings. The van der Waals surface area contributed by atoms with E-state index in [0.29, 0.717) is 5.91 Å². The summed E-state index contributed by atoms with van der Waals surface area (Å²) in [7, 11) is 1.67. The number of ether oxygens (including phenoxy) is 1. The van der Waals surface area contributed by atoms with Gasteiger partial charge in [0.05, 0.1) is 12.5 Å². The van der Waals surface area contributed by atoms with Gasteiger partial charge in [0.2, 0.25) is 5.91 Å². The van der Waals surface area contributed by atoms with Crippen LogP contribution < -0.4 is 4.74 Å². The molecule has 0 radical (unpaired) electrons. The molecule has 1 saturated carbocycles. The van der Waals surface area contributed by atoms with Crippen molar-refractivity contribution in [3.63, 3.8) is 0 Å². The lowest BCUT2D eigenvalue weighted by molar-refractivity contribution is -0.134. The number of amides is 1. The maximum Gasteiger partial charge on any atom is 0.233 e. The van der Waals surface area contributed by atoms with Gasteiger partial charge in [-0.1, -0.05) is 12.1 Å². The Hall–Kier alpha value is -1.51. The Kier molecular flexibility index (Phi) is 3.21. The van der Waals surface area contributed by atoms with Crippen LogP contribution in [0.15, 0.2) is 24.3 Å². The standard InChI is InChI=1S/C16H21NO2/c1-19-14-7-5-6-13(12-14)16(8-9-16)15(18)17-10-3-2-4-11-17/h5-7,12H,2-4,8-11H2,1H3. The zero-order valence-electron chi connectivity index (χ0n) is 11.5. The van der Waals surface area contributed by atoms with Crippen LogP contribution in [0.4, 0.5) is 0 Å². The lowest BCUT2D eigenvalue weighted by Crippen LogP contribution is -2.42. The fraction of sp³-hybridized carbons (Fsp3) is 0.562. The second-order valence-corrected chi connectivity index (χ2v) is 5.67. The Morgan fingerprint density at radius 1 is 1.21 bits per heavy atom. The summed E-state index contributed by atoms with van der Waals surface area (Å²) in [6.07, 6.45) is 5.53. The Morgan fingerprint density at radius 2 is 1.95 bits per heavy atom. The molecule has 0 N–H and O–H groups in total. The van der Waals surface area contributed by atoms with Gasteiger partial charge in [-0.3, -0.25) is 4.79 Å². The summed E-state index contributed by atoms with van der Waals surface area (Å²) in [5.41, 5.74) is 0.883. The first-order chi connectivity index (χ1) is 9.26. The van der Waals surface area contributed by atoms with E-state index >= 15 is 0 Å². The second kappa shape index (κ2) is 4.87. The van der Waals surface area contributed by atoms with E-state index in [4.69, 9.17) is 4.74 Å². The normalized spacial score (nSPS) is 21.0. The van der Waals surface area contributed by atoms with Gasteiger partial charge in [0.1, 0.15) is 5.75 Å². The van der Waals surface area contributed by atoms with Crippen molar-refractivity contribution in [2.45, 2.75) is 37.5 Å².